The first-order valence-electron chi connectivity index (χ1n) is 14.9. The summed E-state index contributed by atoms with van der Waals surface area (Å²) in [6.45, 7) is 4.72. The molecule has 9 rings (SSSR count). The number of para-hydroxylation sites is 1. The molecule has 0 atom stereocenters. The fourth-order valence-electron chi connectivity index (χ4n) is 7.50. The van der Waals surface area contributed by atoms with Crippen LogP contribution in [0, 0.1) is 0 Å². The molecule has 1 aliphatic carbocycles. The highest BCUT2D eigenvalue weighted by Crippen LogP contribution is 2.55. The van der Waals surface area contributed by atoms with E-state index in [1.165, 1.54) is 49.5 Å². The normalized spacial score (nSPS) is 13.5. The Balaban J connectivity index is 1.38. The minimum absolute atomic E-state index is 0.166. The summed E-state index contributed by atoms with van der Waals surface area (Å²) >= 11 is 0. The van der Waals surface area contributed by atoms with Crippen LogP contribution in [-0.4, -0.2) is 0 Å². The Morgan fingerprint density at radius 3 is 2.12 bits per heavy atom. The van der Waals surface area contributed by atoms with Gasteiger partial charge in [-0.3, -0.25) is 0 Å². The molecule has 0 amide bonds. The van der Waals surface area contributed by atoms with Crippen LogP contribution in [0.15, 0.2) is 144 Å². The van der Waals surface area contributed by atoms with Crippen LogP contribution in [0.3, 0.4) is 0 Å². The Bertz CT molecular complexity index is 2390. The number of hydrogen-bond acceptors (Lipinski definition) is 2. The minimum atomic E-state index is -0.166. The summed E-state index contributed by atoms with van der Waals surface area (Å²) in [6.07, 6.45) is 0. The Labute approximate surface area is 250 Å². The van der Waals surface area contributed by atoms with Gasteiger partial charge in [0.05, 0.1) is 16.8 Å². The maximum absolute atomic E-state index is 6.39. The summed E-state index contributed by atoms with van der Waals surface area (Å²) < 4.78 is 6.39. The smallest absolute Gasteiger partial charge is 0.137 e. The molecule has 0 spiro atoms. The average molecular weight is 552 g/mol. The van der Waals surface area contributed by atoms with Crippen molar-refractivity contribution in [2.45, 2.75) is 19.3 Å². The van der Waals surface area contributed by atoms with Crippen molar-refractivity contribution in [1.29, 1.82) is 0 Å². The van der Waals surface area contributed by atoms with E-state index in [2.05, 4.69) is 152 Å². The average Bonchev–Trinajstić information content (AvgIpc) is 3.54. The van der Waals surface area contributed by atoms with E-state index in [4.69, 9.17) is 4.42 Å². The monoisotopic (exact) mass is 551 g/mol. The first-order chi connectivity index (χ1) is 21.1. The van der Waals surface area contributed by atoms with Gasteiger partial charge in [0, 0.05) is 16.5 Å². The molecule has 0 N–H and O–H groups in total. The SMILES string of the molecule is CC1(C)c2ccccc2-c2cccc(N(c3ccc4c(ccc5ccccc54)c3)c3cccc4oc5ccccc5c34)c21. The van der Waals surface area contributed by atoms with E-state index in [9.17, 15) is 0 Å². The van der Waals surface area contributed by atoms with E-state index in [1.807, 2.05) is 6.07 Å². The molecule has 43 heavy (non-hydrogen) atoms. The van der Waals surface area contributed by atoms with Gasteiger partial charge in [0.15, 0.2) is 0 Å². The van der Waals surface area contributed by atoms with Crippen molar-refractivity contribution < 1.29 is 4.42 Å². The van der Waals surface area contributed by atoms with Crippen molar-refractivity contribution in [3.8, 4) is 11.1 Å². The van der Waals surface area contributed by atoms with E-state index in [0.717, 1.165) is 33.3 Å². The van der Waals surface area contributed by atoms with Crippen molar-refractivity contribution in [1.82, 2.24) is 0 Å². The summed E-state index contributed by atoms with van der Waals surface area (Å²) in [7, 11) is 0. The second-order valence-electron chi connectivity index (χ2n) is 12.1. The second-order valence-corrected chi connectivity index (χ2v) is 12.1. The van der Waals surface area contributed by atoms with Crippen LogP contribution in [0.25, 0.3) is 54.6 Å². The van der Waals surface area contributed by atoms with Crippen LogP contribution in [-0.2, 0) is 5.41 Å². The van der Waals surface area contributed by atoms with Crippen molar-refractivity contribution in [3.63, 3.8) is 0 Å². The molecular weight excluding hydrogens is 522 g/mol. The maximum Gasteiger partial charge on any atom is 0.137 e. The molecule has 0 bridgehead atoms. The Kier molecular flexibility index (Phi) is 4.99. The first-order valence-corrected chi connectivity index (χ1v) is 14.9. The summed E-state index contributed by atoms with van der Waals surface area (Å²) in [5.74, 6) is 0. The third-order valence-corrected chi connectivity index (χ3v) is 9.41. The van der Waals surface area contributed by atoms with E-state index < -0.39 is 0 Å². The topological polar surface area (TPSA) is 16.4 Å². The molecule has 0 radical (unpaired) electrons. The molecule has 2 nitrogen and oxygen atoms in total. The van der Waals surface area contributed by atoms with Gasteiger partial charge < -0.3 is 9.32 Å². The summed E-state index contributed by atoms with van der Waals surface area (Å²) in [5, 5.41) is 7.27. The van der Waals surface area contributed by atoms with Crippen LogP contribution in [0.2, 0.25) is 0 Å². The fraction of sp³-hybridized carbons (Fsp3) is 0.0732. The zero-order valence-corrected chi connectivity index (χ0v) is 24.1. The van der Waals surface area contributed by atoms with Crippen LogP contribution >= 0.6 is 0 Å². The van der Waals surface area contributed by atoms with Gasteiger partial charge in [0.1, 0.15) is 11.2 Å². The Morgan fingerprint density at radius 2 is 1.19 bits per heavy atom. The molecule has 204 valence electrons. The molecule has 1 aliphatic rings. The van der Waals surface area contributed by atoms with Gasteiger partial charge in [-0.25, -0.2) is 0 Å². The molecule has 7 aromatic carbocycles. The van der Waals surface area contributed by atoms with E-state index in [0.29, 0.717) is 0 Å². The van der Waals surface area contributed by atoms with Crippen LogP contribution in [0.5, 0.6) is 0 Å². The summed E-state index contributed by atoms with van der Waals surface area (Å²) in [6, 6.07) is 50.5. The number of anilines is 3. The van der Waals surface area contributed by atoms with Gasteiger partial charge in [0.2, 0.25) is 0 Å². The van der Waals surface area contributed by atoms with Crippen molar-refractivity contribution in [2.24, 2.45) is 0 Å². The van der Waals surface area contributed by atoms with E-state index >= 15 is 0 Å². The number of nitrogens with zero attached hydrogens (tertiary/aromatic N) is 1. The van der Waals surface area contributed by atoms with E-state index in [1.54, 1.807) is 0 Å². The molecule has 8 aromatic rings. The molecular formula is C41H29NO. The van der Waals surface area contributed by atoms with Crippen molar-refractivity contribution in [2.75, 3.05) is 4.90 Å². The summed E-state index contributed by atoms with van der Waals surface area (Å²) in [5.41, 5.74) is 10.4. The van der Waals surface area contributed by atoms with Gasteiger partial charge in [-0.2, -0.15) is 0 Å². The number of fused-ring (bicyclic) bond motifs is 9. The van der Waals surface area contributed by atoms with Gasteiger partial charge in [-0.05, 0) is 80.2 Å². The highest BCUT2D eigenvalue weighted by molar-refractivity contribution is 6.14. The second kappa shape index (κ2) is 8.83. The third kappa shape index (κ3) is 3.41. The standard InChI is InChI=1S/C41H29NO/c1-41(2)34-16-7-5-13-31(34)32-15-9-18-36(40(32)41)42(35-17-10-20-38-39(35)33-14-6-8-19-37(33)43-38)28-23-24-30-27(25-28)22-21-26-11-3-4-12-29(26)30/h3-25H,1-2H3. The molecule has 1 aromatic heterocycles. The van der Waals surface area contributed by atoms with Crippen LogP contribution < -0.4 is 4.90 Å². The number of benzene rings is 7. The van der Waals surface area contributed by atoms with Crippen molar-refractivity contribution in [3.05, 3.63) is 151 Å². The quantitative estimate of drug-likeness (QED) is 0.203. The number of hydrogen-bond donors (Lipinski definition) is 0. The lowest BCUT2D eigenvalue weighted by Crippen LogP contribution is -2.20. The highest BCUT2D eigenvalue weighted by Gasteiger charge is 2.39. The molecule has 0 saturated carbocycles. The van der Waals surface area contributed by atoms with Gasteiger partial charge in [0.25, 0.3) is 0 Å². The van der Waals surface area contributed by atoms with Gasteiger partial charge in [-0.15, -0.1) is 0 Å². The Morgan fingerprint density at radius 1 is 0.512 bits per heavy atom. The van der Waals surface area contributed by atoms with Crippen molar-refractivity contribution >= 4 is 60.5 Å². The first kappa shape index (κ1) is 24.3. The lowest BCUT2D eigenvalue weighted by molar-refractivity contribution is 0.661. The molecule has 0 saturated heterocycles. The van der Waals surface area contributed by atoms with Crippen LogP contribution in [0.4, 0.5) is 17.1 Å². The zero-order valence-electron chi connectivity index (χ0n) is 24.1. The predicted molar refractivity (Wildman–Crippen MR) is 181 cm³/mol. The largest absolute Gasteiger partial charge is 0.456 e. The molecule has 1 heterocycles. The lowest BCUT2D eigenvalue weighted by Gasteiger charge is -2.32. The van der Waals surface area contributed by atoms with Gasteiger partial charge >= 0.3 is 0 Å². The summed E-state index contributed by atoms with van der Waals surface area (Å²) in [4.78, 5) is 2.46. The Hall–Kier alpha value is -5.34. The van der Waals surface area contributed by atoms with Crippen LogP contribution in [0.1, 0.15) is 25.0 Å². The highest BCUT2D eigenvalue weighted by atomic mass is 16.3. The lowest BCUT2D eigenvalue weighted by atomic mass is 9.81. The zero-order chi connectivity index (χ0) is 28.7. The van der Waals surface area contributed by atoms with E-state index in [-0.39, 0.29) is 5.41 Å². The predicted octanol–water partition coefficient (Wildman–Crippen LogP) is 11.7. The minimum Gasteiger partial charge on any atom is -0.456 e. The van der Waals surface area contributed by atoms with Gasteiger partial charge in [-0.1, -0.05) is 117 Å². The molecule has 2 heteroatoms. The fourth-order valence-corrected chi connectivity index (χ4v) is 7.50. The number of rotatable bonds is 3. The maximum atomic E-state index is 6.39. The molecule has 0 unspecified atom stereocenters. The third-order valence-electron chi connectivity index (χ3n) is 9.41. The number of furan rings is 1. The molecule has 0 aliphatic heterocycles. The molecule has 0 fully saturated rings.